The summed E-state index contributed by atoms with van der Waals surface area (Å²) in [7, 11) is 0. The van der Waals surface area contributed by atoms with E-state index in [1.807, 2.05) is 0 Å². The Balaban J connectivity index is 1.28. The lowest BCUT2D eigenvalue weighted by atomic mass is 9.74. The van der Waals surface area contributed by atoms with Crippen LogP contribution < -0.4 is 4.74 Å². The zero-order valence-corrected chi connectivity index (χ0v) is 20.6. The average Bonchev–Trinajstić information content (AvgIpc) is 2.84. The third kappa shape index (κ3) is 8.91. The van der Waals surface area contributed by atoms with Gasteiger partial charge in [-0.15, -0.1) is 0 Å². The second-order valence-electron chi connectivity index (χ2n) is 10.6. The third-order valence-corrected chi connectivity index (χ3v) is 8.25. The molecule has 0 unspecified atom stereocenters. The largest absolute Gasteiger partial charge is 0.494 e. The molecule has 0 spiro atoms. The summed E-state index contributed by atoms with van der Waals surface area (Å²) < 4.78 is 18.0. The molecule has 0 N–H and O–H groups in total. The van der Waals surface area contributed by atoms with Crippen LogP contribution in [-0.2, 0) is 0 Å². The normalized spacial score (nSPS) is 26.4. The van der Waals surface area contributed by atoms with E-state index in [-0.39, 0.29) is 0 Å². The summed E-state index contributed by atoms with van der Waals surface area (Å²) in [6.07, 6.45) is 23.5. The molecule has 0 aliphatic heterocycles. The van der Waals surface area contributed by atoms with Crippen LogP contribution in [0.2, 0.25) is 0 Å². The van der Waals surface area contributed by atoms with Gasteiger partial charge in [0, 0.05) is 0 Å². The van der Waals surface area contributed by atoms with E-state index in [1.165, 1.54) is 102 Å². The monoisotopic (exact) mass is 442 g/mol. The number of allylic oxidation sites excluding steroid dienone is 1. The first-order valence-electron chi connectivity index (χ1n) is 13.8. The molecule has 2 aliphatic rings. The van der Waals surface area contributed by atoms with E-state index in [4.69, 9.17) is 4.74 Å². The Hall–Kier alpha value is -1.31. The number of benzene rings is 1. The highest BCUT2D eigenvalue weighted by Gasteiger charge is 2.25. The van der Waals surface area contributed by atoms with Crippen LogP contribution in [0, 0.1) is 17.8 Å². The maximum atomic E-state index is 12.1. The molecular formula is C30H47FO. The van der Waals surface area contributed by atoms with Gasteiger partial charge in [0.1, 0.15) is 5.75 Å². The van der Waals surface area contributed by atoms with Crippen LogP contribution in [0.15, 0.2) is 36.7 Å². The van der Waals surface area contributed by atoms with Crippen molar-refractivity contribution in [3.63, 3.8) is 0 Å². The van der Waals surface area contributed by atoms with Gasteiger partial charge in [-0.2, -0.15) is 0 Å². The molecule has 32 heavy (non-hydrogen) atoms. The van der Waals surface area contributed by atoms with Crippen molar-refractivity contribution >= 4 is 0 Å². The standard InChI is InChI=1S/C30H47FO/c1-2-3-4-7-24-32-30-21-19-29(20-22-30)28-17-15-27(16-18-28)14-13-26-11-9-25(10-12-26)8-5-6-23-31/h6,19-23,25-28H,2-5,7-18,24H2,1H3/b23-6+/t25-,26-,27-,28-. The fourth-order valence-corrected chi connectivity index (χ4v) is 6.01. The minimum absolute atomic E-state index is 0.709. The van der Waals surface area contributed by atoms with Crippen LogP contribution in [0.5, 0.6) is 5.75 Å². The van der Waals surface area contributed by atoms with E-state index < -0.39 is 0 Å². The second kappa shape index (κ2) is 14.8. The lowest BCUT2D eigenvalue weighted by molar-refractivity contribution is 0.225. The summed E-state index contributed by atoms with van der Waals surface area (Å²) >= 11 is 0. The molecule has 1 nitrogen and oxygen atoms in total. The Labute approximate surface area is 197 Å². The van der Waals surface area contributed by atoms with E-state index in [1.54, 1.807) is 6.08 Å². The molecule has 1 aromatic carbocycles. The molecule has 0 atom stereocenters. The Morgan fingerprint density at radius 2 is 1.38 bits per heavy atom. The summed E-state index contributed by atoms with van der Waals surface area (Å²) in [6, 6.07) is 9.00. The zero-order valence-electron chi connectivity index (χ0n) is 20.6. The molecule has 0 saturated heterocycles. The fourth-order valence-electron chi connectivity index (χ4n) is 6.01. The maximum Gasteiger partial charge on any atom is 0.119 e. The summed E-state index contributed by atoms with van der Waals surface area (Å²) in [5.74, 6) is 4.53. The molecule has 2 aliphatic carbocycles. The summed E-state index contributed by atoms with van der Waals surface area (Å²) in [5.41, 5.74) is 1.52. The summed E-state index contributed by atoms with van der Waals surface area (Å²) in [6.45, 7) is 3.10. The quantitative estimate of drug-likeness (QED) is 0.276. The highest BCUT2D eigenvalue weighted by atomic mass is 19.1. The Kier molecular flexibility index (Phi) is 11.7. The minimum Gasteiger partial charge on any atom is -0.494 e. The van der Waals surface area contributed by atoms with Crippen molar-refractivity contribution in [2.75, 3.05) is 6.61 Å². The minimum atomic E-state index is 0.709. The van der Waals surface area contributed by atoms with Crippen LogP contribution in [0.3, 0.4) is 0 Å². The number of ether oxygens (including phenoxy) is 1. The molecule has 1 aromatic rings. The van der Waals surface area contributed by atoms with Crippen molar-refractivity contribution in [2.24, 2.45) is 17.8 Å². The van der Waals surface area contributed by atoms with Crippen LogP contribution >= 0.6 is 0 Å². The second-order valence-corrected chi connectivity index (χ2v) is 10.6. The molecule has 0 aromatic heterocycles. The molecule has 2 saturated carbocycles. The summed E-state index contributed by atoms with van der Waals surface area (Å²) in [5, 5.41) is 0. The molecule has 0 radical (unpaired) electrons. The van der Waals surface area contributed by atoms with Crippen molar-refractivity contribution in [3.8, 4) is 5.75 Å². The smallest absolute Gasteiger partial charge is 0.119 e. The topological polar surface area (TPSA) is 9.23 Å². The molecule has 180 valence electrons. The van der Waals surface area contributed by atoms with Gasteiger partial charge in [-0.3, -0.25) is 0 Å². The molecule has 2 heteroatoms. The molecule has 0 heterocycles. The van der Waals surface area contributed by atoms with Gasteiger partial charge in [0.2, 0.25) is 0 Å². The SMILES string of the molecule is CCCCCCOc1ccc([C@H]2CC[C@H](CC[C@H]3CC[C@H](CC/C=C/F)CC3)CC2)cc1. The van der Waals surface area contributed by atoms with Gasteiger partial charge >= 0.3 is 0 Å². The van der Waals surface area contributed by atoms with E-state index >= 15 is 0 Å². The van der Waals surface area contributed by atoms with Gasteiger partial charge in [-0.25, -0.2) is 4.39 Å². The number of halogens is 1. The van der Waals surface area contributed by atoms with Gasteiger partial charge in [-0.1, -0.05) is 82.9 Å². The Morgan fingerprint density at radius 3 is 1.97 bits per heavy atom. The first kappa shape index (κ1) is 25.3. The van der Waals surface area contributed by atoms with Gasteiger partial charge < -0.3 is 4.74 Å². The maximum absolute atomic E-state index is 12.1. The van der Waals surface area contributed by atoms with Crippen molar-refractivity contribution < 1.29 is 9.13 Å². The highest BCUT2D eigenvalue weighted by molar-refractivity contribution is 5.29. The number of hydrogen-bond donors (Lipinski definition) is 0. The predicted molar refractivity (Wildman–Crippen MR) is 135 cm³/mol. The lowest BCUT2D eigenvalue weighted by Gasteiger charge is -2.32. The number of hydrogen-bond acceptors (Lipinski definition) is 1. The van der Waals surface area contributed by atoms with E-state index in [2.05, 4.69) is 31.2 Å². The van der Waals surface area contributed by atoms with Gasteiger partial charge in [0.15, 0.2) is 0 Å². The zero-order chi connectivity index (χ0) is 22.4. The van der Waals surface area contributed by atoms with Crippen molar-refractivity contribution in [3.05, 3.63) is 42.2 Å². The Bertz CT molecular complexity index is 621. The lowest BCUT2D eigenvalue weighted by Crippen LogP contribution is -2.17. The number of unbranched alkanes of at least 4 members (excludes halogenated alkanes) is 3. The molecule has 0 bridgehead atoms. The van der Waals surface area contributed by atoms with Crippen LogP contribution in [0.4, 0.5) is 4.39 Å². The molecule has 0 amide bonds. The first-order chi connectivity index (χ1) is 15.8. The van der Waals surface area contributed by atoms with Gasteiger partial charge in [0.25, 0.3) is 0 Å². The molecular weight excluding hydrogens is 395 g/mol. The van der Waals surface area contributed by atoms with Crippen molar-refractivity contribution in [1.82, 2.24) is 0 Å². The van der Waals surface area contributed by atoms with Crippen LogP contribution in [-0.4, -0.2) is 6.61 Å². The molecule has 3 rings (SSSR count). The predicted octanol–water partition coefficient (Wildman–Crippen LogP) is 9.77. The number of rotatable bonds is 13. The van der Waals surface area contributed by atoms with Crippen molar-refractivity contribution in [2.45, 2.75) is 116 Å². The first-order valence-corrected chi connectivity index (χ1v) is 13.8. The van der Waals surface area contributed by atoms with Crippen LogP contribution in [0.1, 0.15) is 121 Å². The van der Waals surface area contributed by atoms with E-state index in [0.29, 0.717) is 6.33 Å². The highest BCUT2D eigenvalue weighted by Crippen LogP contribution is 2.40. The molecule has 2 fully saturated rings. The van der Waals surface area contributed by atoms with Crippen molar-refractivity contribution in [1.29, 1.82) is 0 Å². The van der Waals surface area contributed by atoms with Crippen LogP contribution in [0.25, 0.3) is 0 Å². The Morgan fingerprint density at radius 1 is 0.781 bits per heavy atom. The average molecular weight is 443 g/mol. The fraction of sp³-hybridized carbons (Fsp3) is 0.733. The van der Waals surface area contributed by atoms with Gasteiger partial charge in [-0.05, 0) is 86.3 Å². The third-order valence-electron chi connectivity index (χ3n) is 8.25. The van der Waals surface area contributed by atoms with E-state index in [9.17, 15) is 4.39 Å². The van der Waals surface area contributed by atoms with E-state index in [0.717, 1.165) is 42.4 Å². The summed E-state index contributed by atoms with van der Waals surface area (Å²) in [4.78, 5) is 0. The van der Waals surface area contributed by atoms with Gasteiger partial charge in [0.05, 0.1) is 12.9 Å².